The van der Waals surface area contributed by atoms with Crippen molar-refractivity contribution in [2.24, 2.45) is 5.73 Å². The van der Waals surface area contributed by atoms with Crippen molar-refractivity contribution in [3.05, 3.63) is 0 Å². The van der Waals surface area contributed by atoms with Crippen molar-refractivity contribution in [2.45, 2.75) is 148 Å². The molecule has 0 aromatic carbocycles. The maximum Gasteiger partial charge on any atom is 0.0719 e. The van der Waals surface area contributed by atoms with Crippen molar-refractivity contribution in [1.29, 1.82) is 0 Å². The summed E-state index contributed by atoms with van der Waals surface area (Å²) in [5, 5.41) is 10.6. The number of hydrogen-bond acceptors (Lipinski definition) is 2. The maximum atomic E-state index is 10.6. The van der Waals surface area contributed by atoms with Gasteiger partial charge in [-0.05, 0) is 19.3 Å². The topological polar surface area (TPSA) is 46.2 Å². The zero-order valence-electron chi connectivity index (χ0n) is 17.8. The first-order valence-electron chi connectivity index (χ1n) is 11.6. The molecule has 0 fully saturated rings. The molecule has 0 aliphatic heterocycles. The van der Waals surface area contributed by atoms with Crippen LogP contribution in [0.5, 0.6) is 0 Å². The van der Waals surface area contributed by atoms with Crippen molar-refractivity contribution < 1.29 is 5.11 Å². The Morgan fingerprint density at radius 1 is 0.600 bits per heavy atom. The lowest BCUT2D eigenvalue weighted by molar-refractivity contribution is 0.0598. The molecule has 0 saturated carbocycles. The van der Waals surface area contributed by atoms with Crippen LogP contribution >= 0.6 is 0 Å². The average Bonchev–Trinajstić information content (AvgIpc) is 2.62. The predicted molar refractivity (Wildman–Crippen MR) is 113 cm³/mol. The minimum Gasteiger partial charge on any atom is -0.391 e. The third kappa shape index (κ3) is 13.7. The molecule has 0 rings (SSSR count). The Hall–Kier alpha value is -0.0800. The molecule has 0 aliphatic rings. The standard InChI is InChI=1S/C23H49NO/c1-4-7-10-11-12-13-14-15-16-17-18-19-22(25)23(24,20-8-5-2)21-9-6-3/h22,25H,4-21,24H2,1-3H3. The van der Waals surface area contributed by atoms with E-state index in [9.17, 15) is 5.11 Å². The Bertz CT molecular complexity index is 259. The summed E-state index contributed by atoms with van der Waals surface area (Å²) in [5.41, 5.74) is 6.25. The second kappa shape index (κ2) is 17.3. The van der Waals surface area contributed by atoms with Gasteiger partial charge in [0.25, 0.3) is 0 Å². The number of unbranched alkanes of at least 4 members (excludes halogenated alkanes) is 12. The highest BCUT2D eigenvalue weighted by molar-refractivity contribution is 4.91. The molecule has 0 aromatic rings. The Labute approximate surface area is 159 Å². The van der Waals surface area contributed by atoms with Gasteiger partial charge in [0.2, 0.25) is 0 Å². The number of rotatable bonds is 19. The van der Waals surface area contributed by atoms with E-state index in [1.54, 1.807) is 0 Å². The molecule has 25 heavy (non-hydrogen) atoms. The SMILES string of the molecule is CCCCCCCCCCCCCC(O)C(N)(CCCC)CCCC. The molecule has 0 radical (unpaired) electrons. The summed E-state index contributed by atoms with van der Waals surface area (Å²) in [6.45, 7) is 6.69. The fraction of sp³-hybridized carbons (Fsp3) is 1.00. The molecule has 0 aromatic heterocycles. The van der Waals surface area contributed by atoms with Crippen LogP contribution in [0, 0.1) is 0 Å². The molecule has 1 atom stereocenters. The molecular formula is C23H49NO. The summed E-state index contributed by atoms with van der Waals surface area (Å²) in [4.78, 5) is 0. The van der Waals surface area contributed by atoms with Crippen LogP contribution in [0.4, 0.5) is 0 Å². The minimum absolute atomic E-state index is 0.316. The third-order valence-corrected chi connectivity index (χ3v) is 5.74. The summed E-state index contributed by atoms with van der Waals surface area (Å²) >= 11 is 0. The molecule has 0 spiro atoms. The van der Waals surface area contributed by atoms with E-state index in [0.717, 1.165) is 51.4 Å². The fourth-order valence-corrected chi connectivity index (χ4v) is 3.76. The summed E-state index contributed by atoms with van der Waals surface area (Å²) in [7, 11) is 0. The summed E-state index contributed by atoms with van der Waals surface area (Å²) in [6, 6.07) is 0. The van der Waals surface area contributed by atoms with Gasteiger partial charge in [-0.15, -0.1) is 0 Å². The van der Waals surface area contributed by atoms with Crippen molar-refractivity contribution in [2.75, 3.05) is 0 Å². The second-order valence-electron chi connectivity index (χ2n) is 8.28. The quantitative estimate of drug-likeness (QED) is 0.242. The molecule has 152 valence electrons. The zero-order valence-corrected chi connectivity index (χ0v) is 17.8. The lowest BCUT2D eigenvalue weighted by Crippen LogP contribution is -2.50. The van der Waals surface area contributed by atoms with Gasteiger partial charge in [0.15, 0.2) is 0 Å². The van der Waals surface area contributed by atoms with Gasteiger partial charge in [-0.25, -0.2) is 0 Å². The average molecular weight is 356 g/mol. The van der Waals surface area contributed by atoms with Crippen LogP contribution in [0.15, 0.2) is 0 Å². The summed E-state index contributed by atoms with van der Waals surface area (Å²) in [5.74, 6) is 0. The molecule has 2 nitrogen and oxygen atoms in total. The van der Waals surface area contributed by atoms with Gasteiger partial charge < -0.3 is 10.8 Å². The third-order valence-electron chi connectivity index (χ3n) is 5.74. The van der Waals surface area contributed by atoms with Crippen LogP contribution in [-0.4, -0.2) is 16.7 Å². The highest BCUT2D eigenvalue weighted by Gasteiger charge is 2.31. The van der Waals surface area contributed by atoms with Crippen LogP contribution in [0.25, 0.3) is 0 Å². The molecular weight excluding hydrogens is 306 g/mol. The second-order valence-corrected chi connectivity index (χ2v) is 8.28. The zero-order chi connectivity index (χ0) is 18.8. The van der Waals surface area contributed by atoms with Crippen LogP contribution < -0.4 is 5.73 Å². The minimum atomic E-state index is -0.343. The number of hydrogen-bond donors (Lipinski definition) is 2. The van der Waals surface area contributed by atoms with E-state index in [4.69, 9.17) is 5.73 Å². The van der Waals surface area contributed by atoms with Crippen molar-refractivity contribution in [1.82, 2.24) is 0 Å². The highest BCUT2D eigenvalue weighted by atomic mass is 16.3. The molecule has 3 N–H and O–H groups in total. The molecule has 2 heteroatoms. The number of aliphatic hydroxyl groups excluding tert-OH is 1. The van der Waals surface area contributed by atoms with Gasteiger partial charge in [0.05, 0.1) is 6.10 Å². The normalized spacial score (nSPS) is 13.3. The molecule has 0 amide bonds. The van der Waals surface area contributed by atoms with Gasteiger partial charge in [-0.1, -0.05) is 117 Å². The van der Waals surface area contributed by atoms with E-state index in [1.165, 1.54) is 64.2 Å². The van der Waals surface area contributed by atoms with E-state index >= 15 is 0 Å². The lowest BCUT2D eigenvalue weighted by Gasteiger charge is -2.35. The van der Waals surface area contributed by atoms with Crippen molar-refractivity contribution in [3.8, 4) is 0 Å². The Balaban J connectivity index is 3.72. The lowest BCUT2D eigenvalue weighted by atomic mass is 9.81. The number of nitrogens with two attached hydrogens (primary N) is 1. The highest BCUT2D eigenvalue weighted by Crippen LogP contribution is 2.26. The first-order valence-corrected chi connectivity index (χ1v) is 11.6. The van der Waals surface area contributed by atoms with Crippen LogP contribution in [0.3, 0.4) is 0 Å². The van der Waals surface area contributed by atoms with Crippen molar-refractivity contribution in [3.63, 3.8) is 0 Å². The Kier molecular flexibility index (Phi) is 17.3. The molecule has 0 heterocycles. The van der Waals surface area contributed by atoms with Crippen LogP contribution in [0.2, 0.25) is 0 Å². The van der Waals surface area contributed by atoms with Gasteiger partial charge in [0.1, 0.15) is 0 Å². The van der Waals surface area contributed by atoms with E-state index in [-0.39, 0.29) is 11.6 Å². The van der Waals surface area contributed by atoms with Crippen LogP contribution in [-0.2, 0) is 0 Å². The summed E-state index contributed by atoms with van der Waals surface area (Å²) in [6.07, 6.45) is 22.0. The van der Waals surface area contributed by atoms with Crippen molar-refractivity contribution >= 4 is 0 Å². The monoisotopic (exact) mass is 355 g/mol. The van der Waals surface area contributed by atoms with Gasteiger partial charge in [-0.2, -0.15) is 0 Å². The van der Waals surface area contributed by atoms with Gasteiger partial charge in [-0.3, -0.25) is 0 Å². The Morgan fingerprint density at radius 2 is 0.960 bits per heavy atom. The van der Waals surface area contributed by atoms with Gasteiger partial charge in [0, 0.05) is 5.54 Å². The first-order chi connectivity index (χ1) is 12.1. The Morgan fingerprint density at radius 3 is 1.36 bits per heavy atom. The summed E-state index contributed by atoms with van der Waals surface area (Å²) < 4.78 is 0. The maximum absolute atomic E-state index is 10.6. The van der Waals surface area contributed by atoms with Crippen LogP contribution in [0.1, 0.15) is 136 Å². The smallest absolute Gasteiger partial charge is 0.0719 e. The van der Waals surface area contributed by atoms with E-state index < -0.39 is 0 Å². The number of aliphatic hydroxyl groups is 1. The van der Waals surface area contributed by atoms with E-state index in [1.807, 2.05) is 0 Å². The van der Waals surface area contributed by atoms with Gasteiger partial charge >= 0.3 is 0 Å². The predicted octanol–water partition coefficient (Wildman–Crippen LogP) is 7.13. The molecule has 0 saturated heterocycles. The van der Waals surface area contributed by atoms with E-state index in [0.29, 0.717) is 0 Å². The molecule has 0 aliphatic carbocycles. The van der Waals surface area contributed by atoms with E-state index in [2.05, 4.69) is 20.8 Å². The largest absolute Gasteiger partial charge is 0.391 e. The first kappa shape index (κ1) is 24.9. The molecule has 0 bridgehead atoms. The fourth-order valence-electron chi connectivity index (χ4n) is 3.76. The molecule has 1 unspecified atom stereocenters.